The Bertz CT molecular complexity index is 400. The molecule has 3 rings (SSSR count). The third-order valence-corrected chi connectivity index (χ3v) is 4.82. The molecule has 0 radical (unpaired) electrons. The van der Waals surface area contributed by atoms with Gasteiger partial charge in [-0.05, 0) is 44.3 Å². The maximum atomic E-state index is 3.82. The molecule has 3 atom stereocenters. The number of likely N-dealkylation sites (tertiary alicyclic amines) is 1. The van der Waals surface area contributed by atoms with Crippen LogP contribution in [0.5, 0.6) is 0 Å². The molecule has 0 aromatic heterocycles. The van der Waals surface area contributed by atoms with E-state index in [1.807, 2.05) is 0 Å². The summed E-state index contributed by atoms with van der Waals surface area (Å²) < 4.78 is 0. The highest BCUT2D eigenvalue weighted by Crippen LogP contribution is 2.22. The summed E-state index contributed by atoms with van der Waals surface area (Å²) in [5.41, 5.74) is 1.44. The van der Waals surface area contributed by atoms with E-state index in [2.05, 4.69) is 52.8 Å². The van der Waals surface area contributed by atoms with Gasteiger partial charge in [0.05, 0.1) is 0 Å². The zero-order valence-electron chi connectivity index (χ0n) is 12.5. The first-order valence-corrected chi connectivity index (χ1v) is 8.04. The molecule has 1 aromatic rings. The molecular weight excluding hydrogens is 246 g/mol. The van der Waals surface area contributed by atoms with Gasteiger partial charge < -0.3 is 10.6 Å². The Kier molecular flexibility index (Phi) is 4.71. The Morgan fingerprint density at radius 3 is 2.90 bits per heavy atom. The molecule has 3 unspecified atom stereocenters. The van der Waals surface area contributed by atoms with Crippen LogP contribution in [0, 0.1) is 5.92 Å². The summed E-state index contributed by atoms with van der Waals surface area (Å²) in [5, 5.41) is 7.25. The van der Waals surface area contributed by atoms with E-state index < -0.39 is 0 Å². The smallest absolute Gasteiger partial charge is 0.0233 e. The minimum absolute atomic E-state index is 0.640. The summed E-state index contributed by atoms with van der Waals surface area (Å²) in [4.78, 5) is 2.60. The predicted octanol–water partition coefficient (Wildman–Crippen LogP) is 1.85. The van der Waals surface area contributed by atoms with E-state index >= 15 is 0 Å². The number of nitrogens with zero attached hydrogens (tertiary/aromatic N) is 1. The van der Waals surface area contributed by atoms with Crippen molar-refractivity contribution >= 4 is 0 Å². The largest absolute Gasteiger partial charge is 0.315 e. The van der Waals surface area contributed by atoms with Crippen molar-refractivity contribution in [3.63, 3.8) is 0 Å². The molecule has 0 aliphatic carbocycles. The maximum Gasteiger partial charge on any atom is 0.0233 e. The fourth-order valence-electron chi connectivity index (χ4n) is 3.56. The lowest BCUT2D eigenvalue weighted by Gasteiger charge is -2.25. The van der Waals surface area contributed by atoms with Crippen LogP contribution in [-0.4, -0.2) is 43.2 Å². The first-order chi connectivity index (χ1) is 9.81. The average Bonchev–Trinajstić information content (AvgIpc) is 3.11. The van der Waals surface area contributed by atoms with E-state index in [0.29, 0.717) is 12.1 Å². The van der Waals surface area contributed by atoms with Crippen molar-refractivity contribution in [3.05, 3.63) is 35.9 Å². The lowest BCUT2D eigenvalue weighted by atomic mass is 9.99. The minimum Gasteiger partial charge on any atom is -0.315 e. The second-order valence-corrected chi connectivity index (χ2v) is 6.41. The summed E-state index contributed by atoms with van der Waals surface area (Å²) in [6, 6.07) is 12.2. The van der Waals surface area contributed by atoms with E-state index in [-0.39, 0.29) is 0 Å². The Labute approximate surface area is 122 Å². The van der Waals surface area contributed by atoms with Gasteiger partial charge in [-0.1, -0.05) is 30.3 Å². The standard InChI is InChI=1S/C17H27N3/c1-14(19-17-7-9-18-11-17)16-8-10-20(13-16)12-15-5-3-2-4-6-15/h2-6,14,16-19H,7-13H2,1H3. The van der Waals surface area contributed by atoms with Gasteiger partial charge in [0, 0.05) is 31.7 Å². The third kappa shape index (κ3) is 3.60. The van der Waals surface area contributed by atoms with Crippen LogP contribution < -0.4 is 10.6 Å². The summed E-state index contributed by atoms with van der Waals surface area (Å²) in [6.45, 7) is 8.28. The van der Waals surface area contributed by atoms with E-state index in [4.69, 9.17) is 0 Å². The van der Waals surface area contributed by atoms with E-state index in [0.717, 1.165) is 19.0 Å². The molecule has 3 heteroatoms. The number of hydrogen-bond donors (Lipinski definition) is 2. The summed E-state index contributed by atoms with van der Waals surface area (Å²) in [5.74, 6) is 0.805. The predicted molar refractivity (Wildman–Crippen MR) is 83.7 cm³/mol. The van der Waals surface area contributed by atoms with Crippen molar-refractivity contribution in [1.29, 1.82) is 0 Å². The monoisotopic (exact) mass is 273 g/mol. The van der Waals surface area contributed by atoms with E-state index in [1.54, 1.807) is 0 Å². The first-order valence-electron chi connectivity index (χ1n) is 8.04. The van der Waals surface area contributed by atoms with Gasteiger partial charge in [0.25, 0.3) is 0 Å². The lowest BCUT2D eigenvalue weighted by molar-refractivity contribution is 0.290. The molecule has 2 heterocycles. The molecule has 0 spiro atoms. The number of rotatable bonds is 5. The average molecular weight is 273 g/mol. The minimum atomic E-state index is 0.640. The summed E-state index contributed by atoms with van der Waals surface area (Å²) in [6.07, 6.45) is 2.62. The van der Waals surface area contributed by atoms with Gasteiger partial charge in [-0.2, -0.15) is 0 Å². The van der Waals surface area contributed by atoms with Gasteiger partial charge in [-0.3, -0.25) is 4.90 Å². The van der Waals surface area contributed by atoms with Crippen LogP contribution in [0.25, 0.3) is 0 Å². The SMILES string of the molecule is CC(NC1CCNC1)C1CCN(Cc2ccccc2)C1. The van der Waals surface area contributed by atoms with Gasteiger partial charge in [0.15, 0.2) is 0 Å². The third-order valence-electron chi connectivity index (χ3n) is 4.82. The van der Waals surface area contributed by atoms with Crippen LogP contribution in [0.2, 0.25) is 0 Å². The van der Waals surface area contributed by atoms with Gasteiger partial charge >= 0.3 is 0 Å². The quantitative estimate of drug-likeness (QED) is 0.857. The number of hydrogen-bond acceptors (Lipinski definition) is 3. The molecule has 0 bridgehead atoms. The highest BCUT2D eigenvalue weighted by Gasteiger charge is 2.28. The van der Waals surface area contributed by atoms with Crippen LogP contribution >= 0.6 is 0 Å². The van der Waals surface area contributed by atoms with E-state index in [1.165, 1.54) is 38.0 Å². The Morgan fingerprint density at radius 2 is 2.15 bits per heavy atom. The molecule has 20 heavy (non-hydrogen) atoms. The normalized spacial score (nSPS) is 28.9. The first kappa shape index (κ1) is 14.1. The van der Waals surface area contributed by atoms with Crippen molar-refractivity contribution in [1.82, 2.24) is 15.5 Å². The fourth-order valence-corrected chi connectivity index (χ4v) is 3.56. The second-order valence-electron chi connectivity index (χ2n) is 6.41. The van der Waals surface area contributed by atoms with Gasteiger partial charge in [0.2, 0.25) is 0 Å². The lowest BCUT2D eigenvalue weighted by Crippen LogP contribution is -2.42. The van der Waals surface area contributed by atoms with Crippen molar-refractivity contribution in [2.45, 2.75) is 38.4 Å². The molecule has 2 fully saturated rings. The topological polar surface area (TPSA) is 27.3 Å². The van der Waals surface area contributed by atoms with Gasteiger partial charge in [-0.25, -0.2) is 0 Å². The summed E-state index contributed by atoms with van der Waals surface area (Å²) >= 11 is 0. The molecule has 3 nitrogen and oxygen atoms in total. The zero-order valence-corrected chi connectivity index (χ0v) is 12.5. The molecule has 2 N–H and O–H groups in total. The van der Waals surface area contributed by atoms with Crippen molar-refractivity contribution in [2.75, 3.05) is 26.2 Å². The van der Waals surface area contributed by atoms with Gasteiger partial charge in [-0.15, -0.1) is 0 Å². The molecule has 1 aromatic carbocycles. The van der Waals surface area contributed by atoms with Crippen LogP contribution in [0.15, 0.2) is 30.3 Å². The van der Waals surface area contributed by atoms with Crippen molar-refractivity contribution in [2.24, 2.45) is 5.92 Å². The second kappa shape index (κ2) is 6.70. The number of benzene rings is 1. The highest BCUT2D eigenvalue weighted by atomic mass is 15.2. The van der Waals surface area contributed by atoms with E-state index in [9.17, 15) is 0 Å². The Balaban J connectivity index is 1.46. The highest BCUT2D eigenvalue weighted by molar-refractivity contribution is 5.14. The maximum absolute atomic E-state index is 3.82. The molecular formula is C17H27N3. The molecule has 2 aliphatic rings. The van der Waals surface area contributed by atoms with Crippen LogP contribution in [0.4, 0.5) is 0 Å². The zero-order chi connectivity index (χ0) is 13.8. The van der Waals surface area contributed by atoms with Gasteiger partial charge in [0.1, 0.15) is 0 Å². The molecule has 2 saturated heterocycles. The molecule has 0 saturated carbocycles. The fraction of sp³-hybridized carbons (Fsp3) is 0.647. The molecule has 2 aliphatic heterocycles. The van der Waals surface area contributed by atoms with Crippen LogP contribution in [-0.2, 0) is 6.54 Å². The van der Waals surface area contributed by atoms with Crippen molar-refractivity contribution in [3.8, 4) is 0 Å². The number of nitrogens with one attached hydrogen (secondary N) is 2. The van der Waals surface area contributed by atoms with Crippen LogP contribution in [0.3, 0.4) is 0 Å². The Morgan fingerprint density at radius 1 is 1.30 bits per heavy atom. The van der Waals surface area contributed by atoms with Crippen molar-refractivity contribution < 1.29 is 0 Å². The molecule has 110 valence electrons. The molecule has 0 amide bonds. The Hall–Kier alpha value is -0.900. The van der Waals surface area contributed by atoms with Crippen LogP contribution in [0.1, 0.15) is 25.3 Å². The summed E-state index contributed by atoms with van der Waals surface area (Å²) in [7, 11) is 0.